The monoisotopic (exact) mass is 224 g/mol. The maximum atomic E-state index is 4.73. The molecule has 0 saturated heterocycles. The molecule has 1 heterocycles. The van der Waals surface area contributed by atoms with Crippen molar-refractivity contribution in [1.29, 1.82) is 0 Å². The highest BCUT2D eigenvalue weighted by molar-refractivity contribution is 7.11. The van der Waals surface area contributed by atoms with Crippen LogP contribution in [0.25, 0.3) is 0 Å². The highest BCUT2D eigenvalue weighted by Gasteiger charge is 2.40. The smallest absolute Gasteiger partial charge is 0.113 e. The maximum absolute atomic E-state index is 4.73. The molecule has 2 rings (SSSR count). The van der Waals surface area contributed by atoms with Gasteiger partial charge in [-0.1, -0.05) is 6.92 Å². The Morgan fingerprint density at radius 2 is 2.20 bits per heavy atom. The molecule has 0 aromatic carbocycles. The predicted molar refractivity (Wildman–Crippen MR) is 65.3 cm³/mol. The minimum Gasteiger partial charge on any atom is -0.308 e. The number of aryl methyl sites for hydroxylation is 2. The van der Waals surface area contributed by atoms with Crippen LogP contribution < -0.4 is 5.32 Å². The van der Waals surface area contributed by atoms with Crippen LogP contribution in [0.1, 0.15) is 41.8 Å². The van der Waals surface area contributed by atoms with Crippen molar-refractivity contribution in [2.45, 2.75) is 45.6 Å². The minimum atomic E-state index is 0.170. The third-order valence-electron chi connectivity index (χ3n) is 3.68. The van der Waals surface area contributed by atoms with Crippen LogP contribution in [-0.4, -0.2) is 12.0 Å². The van der Waals surface area contributed by atoms with Crippen molar-refractivity contribution in [3.05, 3.63) is 15.6 Å². The van der Waals surface area contributed by atoms with Gasteiger partial charge in [0, 0.05) is 4.88 Å². The minimum absolute atomic E-state index is 0.170. The lowest BCUT2D eigenvalue weighted by Gasteiger charge is -2.26. The summed E-state index contributed by atoms with van der Waals surface area (Å²) in [5, 5.41) is 4.81. The van der Waals surface area contributed by atoms with Crippen LogP contribution >= 0.6 is 11.3 Å². The first kappa shape index (κ1) is 11.1. The van der Waals surface area contributed by atoms with Crippen LogP contribution in [-0.2, 0) is 5.54 Å². The molecule has 1 saturated carbocycles. The highest BCUT2D eigenvalue weighted by atomic mass is 32.1. The van der Waals surface area contributed by atoms with E-state index in [0.717, 1.165) is 5.92 Å². The lowest BCUT2D eigenvalue weighted by Crippen LogP contribution is -2.37. The molecular weight excluding hydrogens is 204 g/mol. The molecule has 2 atom stereocenters. The molecule has 2 unspecified atom stereocenters. The van der Waals surface area contributed by atoms with Gasteiger partial charge in [-0.25, -0.2) is 4.98 Å². The van der Waals surface area contributed by atoms with Crippen molar-refractivity contribution in [2.75, 3.05) is 7.05 Å². The molecule has 1 aliphatic rings. The van der Waals surface area contributed by atoms with E-state index >= 15 is 0 Å². The van der Waals surface area contributed by atoms with Gasteiger partial charge in [-0.05, 0) is 46.1 Å². The van der Waals surface area contributed by atoms with E-state index < -0.39 is 0 Å². The fraction of sp³-hybridized carbons (Fsp3) is 0.750. The third kappa shape index (κ3) is 1.83. The zero-order chi connectivity index (χ0) is 11.1. The van der Waals surface area contributed by atoms with E-state index in [-0.39, 0.29) is 5.54 Å². The van der Waals surface area contributed by atoms with Gasteiger partial charge in [-0.15, -0.1) is 11.3 Å². The lowest BCUT2D eigenvalue weighted by molar-refractivity contribution is 0.357. The Labute approximate surface area is 96.1 Å². The van der Waals surface area contributed by atoms with Gasteiger partial charge in [-0.3, -0.25) is 0 Å². The Morgan fingerprint density at radius 3 is 2.60 bits per heavy atom. The van der Waals surface area contributed by atoms with Crippen molar-refractivity contribution >= 4 is 11.3 Å². The molecule has 84 valence electrons. The van der Waals surface area contributed by atoms with E-state index in [0.29, 0.717) is 0 Å². The summed E-state index contributed by atoms with van der Waals surface area (Å²) in [7, 11) is 2.07. The Morgan fingerprint density at radius 1 is 1.47 bits per heavy atom. The number of hydrogen-bond donors (Lipinski definition) is 1. The topological polar surface area (TPSA) is 24.9 Å². The predicted octanol–water partition coefficient (Wildman–Crippen LogP) is 2.99. The normalized spacial score (nSPS) is 31.1. The first-order chi connectivity index (χ1) is 7.07. The lowest BCUT2D eigenvalue weighted by atomic mass is 9.97. The summed E-state index contributed by atoms with van der Waals surface area (Å²) in [5.74, 6) is 0.821. The van der Waals surface area contributed by atoms with Crippen molar-refractivity contribution in [3.63, 3.8) is 0 Å². The van der Waals surface area contributed by atoms with Crippen LogP contribution in [0.15, 0.2) is 0 Å². The second-order valence-corrected chi connectivity index (χ2v) is 6.04. The quantitative estimate of drug-likeness (QED) is 0.835. The van der Waals surface area contributed by atoms with Crippen molar-refractivity contribution < 1.29 is 0 Å². The number of rotatable bonds is 2. The molecule has 1 N–H and O–H groups in total. The summed E-state index contributed by atoms with van der Waals surface area (Å²) in [5.41, 5.74) is 1.37. The first-order valence-corrected chi connectivity index (χ1v) is 6.52. The van der Waals surface area contributed by atoms with Gasteiger partial charge < -0.3 is 5.32 Å². The Balaban J connectivity index is 2.34. The Bertz CT molecular complexity index is 339. The van der Waals surface area contributed by atoms with Gasteiger partial charge in [0.2, 0.25) is 0 Å². The molecule has 2 nitrogen and oxygen atoms in total. The van der Waals surface area contributed by atoms with Crippen LogP contribution in [0.5, 0.6) is 0 Å². The summed E-state index contributed by atoms with van der Waals surface area (Å²) in [4.78, 5) is 6.09. The van der Waals surface area contributed by atoms with Crippen LogP contribution in [0, 0.1) is 19.8 Å². The summed E-state index contributed by atoms with van der Waals surface area (Å²) in [6, 6.07) is 0. The van der Waals surface area contributed by atoms with Gasteiger partial charge in [-0.2, -0.15) is 0 Å². The van der Waals surface area contributed by atoms with Crippen molar-refractivity contribution in [2.24, 2.45) is 5.92 Å². The molecule has 1 aromatic heterocycles. The summed E-state index contributed by atoms with van der Waals surface area (Å²) < 4.78 is 0. The van der Waals surface area contributed by atoms with Gasteiger partial charge >= 0.3 is 0 Å². The first-order valence-electron chi connectivity index (χ1n) is 5.71. The Hall–Kier alpha value is -0.410. The van der Waals surface area contributed by atoms with E-state index in [4.69, 9.17) is 4.98 Å². The van der Waals surface area contributed by atoms with Gasteiger partial charge in [0.15, 0.2) is 0 Å². The summed E-state index contributed by atoms with van der Waals surface area (Å²) >= 11 is 1.86. The molecule has 0 amide bonds. The average molecular weight is 224 g/mol. The SMILES string of the molecule is CNC1(c2nc(C)c(C)s2)CCC(C)C1. The average Bonchev–Trinajstić information content (AvgIpc) is 2.73. The number of thiazole rings is 1. The van der Waals surface area contributed by atoms with Crippen LogP contribution in [0.3, 0.4) is 0 Å². The molecule has 0 radical (unpaired) electrons. The number of hydrogen-bond acceptors (Lipinski definition) is 3. The number of aromatic nitrogens is 1. The van der Waals surface area contributed by atoms with Crippen LogP contribution in [0.2, 0.25) is 0 Å². The zero-order valence-electron chi connectivity index (χ0n) is 10.1. The highest BCUT2D eigenvalue weighted by Crippen LogP contribution is 2.43. The molecule has 0 spiro atoms. The molecule has 0 aliphatic heterocycles. The second-order valence-electron chi connectivity index (χ2n) is 4.84. The standard InChI is InChI=1S/C12H20N2S/c1-8-5-6-12(7-8,13-4)11-14-9(2)10(3)15-11/h8,13H,5-7H2,1-4H3. The van der Waals surface area contributed by atoms with Gasteiger partial charge in [0.25, 0.3) is 0 Å². The van der Waals surface area contributed by atoms with E-state index in [9.17, 15) is 0 Å². The fourth-order valence-electron chi connectivity index (χ4n) is 2.50. The van der Waals surface area contributed by atoms with E-state index in [1.807, 2.05) is 11.3 Å². The molecule has 1 aliphatic carbocycles. The summed E-state index contributed by atoms with van der Waals surface area (Å²) in [6.07, 6.45) is 3.78. The fourth-order valence-corrected chi connectivity index (χ4v) is 3.65. The molecule has 1 aromatic rings. The number of nitrogens with one attached hydrogen (secondary N) is 1. The van der Waals surface area contributed by atoms with Crippen molar-refractivity contribution in [3.8, 4) is 0 Å². The Kier molecular flexibility index (Phi) is 2.86. The van der Waals surface area contributed by atoms with E-state index in [1.165, 1.54) is 34.8 Å². The molecule has 0 bridgehead atoms. The van der Waals surface area contributed by atoms with Crippen LogP contribution in [0.4, 0.5) is 0 Å². The second kappa shape index (κ2) is 3.87. The van der Waals surface area contributed by atoms with E-state index in [2.05, 4.69) is 33.1 Å². The molecule has 1 fully saturated rings. The third-order valence-corrected chi connectivity index (χ3v) is 4.95. The zero-order valence-corrected chi connectivity index (χ0v) is 10.9. The van der Waals surface area contributed by atoms with Gasteiger partial charge in [0.1, 0.15) is 5.01 Å². The molecule has 3 heteroatoms. The largest absolute Gasteiger partial charge is 0.308 e. The summed E-state index contributed by atoms with van der Waals surface area (Å²) in [6.45, 7) is 6.61. The number of nitrogens with zero attached hydrogens (tertiary/aromatic N) is 1. The molecule has 15 heavy (non-hydrogen) atoms. The van der Waals surface area contributed by atoms with E-state index in [1.54, 1.807) is 0 Å². The molecular formula is C12H20N2S. The maximum Gasteiger partial charge on any atom is 0.113 e. The van der Waals surface area contributed by atoms with Gasteiger partial charge in [0.05, 0.1) is 11.2 Å². The van der Waals surface area contributed by atoms with Crippen molar-refractivity contribution in [1.82, 2.24) is 10.3 Å².